The van der Waals surface area contributed by atoms with Crippen LogP contribution in [0, 0.1) is 6.92 Å². The molecule has 0 N–H and O–H groups in total. The van der Waals surface area contributed by atoms with Crippen molar-refractivity contribution in [2.75, 3.05) is 32.8 Å². The van der Waals surface area contributed by atoms with Crippen molar-refractivity contribution in [3.8, 4) is 5.75 Å². The number of likely N-dealkylation sites (tertiary alicyclic amines) is 1. The molecule has 0 amide bonds. The molecular formula is C23H29N3O3. The number of hydrogen-bond acceptors (Lipinski definition) is 5. The quantitative estimate of drug-likeness (QED) is 0.632. The Morgan fingerprint density at radius 1 is 1.17 bits per heavy atom. The molecule has 2 aliphatic rings. The number of fused-ring (bicyclic) bond motifs is 1. The standard InChI is InChI=1S/C23H29N3O3/c1-17-24-15-20(28-17)7-12-25-10-5-19(6-11-25)29-23-4-2-3-22-21(23)8-13-26(22)18-9-14-27-16-18/h2-4,8,13,15,18-19H,5-7,9-12,14,16H2,1H3. The van der Waals surface area contributed by atoms with Gasteiger partial charge in [0.15, 0.2) is 5.89 Å². The second kappa shape index (κ2) is 8.20. The van der Waals surface area contributed by atoms with Gasteiger partial charge in [-0.25, -0.2) is 4.98 Å². The van der Waals surface area contributed by atoms with Crippen molar-refractivity contribution in [3.63, 3.8) is 0 Å². The third-order valence-corrected chi connectivity index (χ3v) is 6.19. The predicted octanol–water partition coefficient (Wildman–Crippen LogP) is 3.99. The van der Waals surface area contributed by atoms with Gasteiger partial charge in [-0.15, -0.1) is 0 Å². The van der Waals surface area contributed by atoms with Crippen LogP contribution in [-0.4, -0.2) is 53.4 Å². The summed E-state index contributed by atoms with van der Waals surface area (Å²) in [6.45, 7) is 6.70. The molecule has 154 valence electrons. The van der Waals surface area contributed by atoms with E-state index in [1.165, 1.54) is 10.9 Å². The zero-order valence-corrected chi connectivity index (χ0v) is 17.0. The topological polar surface area (TPSA) is 52.7 Å². The number of piperidine rings is 1. The van der Waals surface area contributed by atoms with Crippen molar-refractivity contribution in [2.45, 2.75) is 44.8 Å². The monoisotopic (exact) mass is 395 g/mol. The Kier molecular flexibility index (Phi) is 5.29. The van der Waals surface area contributed by atoms with Gasteiger partial charge >= 0.3 is 0 Å². The molecule has 0 saturated carbocycles. The van der Waals surface area contributed by atoms with Crippen molar-refractivity contribution in [1.82, 2.24) is 14.5 Å². The van der Waals surface area contributed by atoms with Crippen LogP contribution in [0.1, 0.15) is 37.0 Å². The lowest BCUT2D eigenvalue weighted by atomic mass is 10.1. The van der Waals surface area contributed by atoms with E-state index in [1.54, 1.807) is 0 Å². The van der Waals surface area contributed by atoms with Crippen LogP contribution in [0.4, 0.5) is 0 Å². The molecule has 5 rings (SSSR count). The van der Waals surface area contributed by atoms with E-state index >= 15 is 0 Å². The molecule has 29 heavy (non-hydrogen) atoms. The van der Waals surface area contributed by atoms with E-state index in [1.807, 2.05) is 13.1 Å². The zero-order valence-electron chi connectivity index (χ0n) is 17.0. The van der Waals surface area contributed by atoms with E-state index in [9.17, 15) is 0 Å². The summed E-state index contributed by atoms with van der Waals surface area (Å²) in [6, 6.07) is 9.04. The molecule has 4 heterocycles. The van der Waals surface area contributed by atoms with E-state index in [2.05, 4.69) is 44.9 Å². The third kappa shape index (κ3) is 4.05. The molecule has 0 spiro atoms. The van der Waals surface area contributed by atoms with Crippen LogP contribution < -0.4 is 4.74 Å². The Hall–Kier alpha value is -2.31. The van der Waals surface area contributed by atoms with E-state index in [4.69, 9.17) is 13.9 Å². The van der Waals surface area contributed by atoms with Crippen LogP contribution in [0.3, 0.4) is 0 Å². The lowest BCUT2D eigenvalue weighted by molar-refractivity contribution is 0.102. The van der Waals surface area contributed by atoms with E-state index in [0.717, 1.165) is 75.9 Å². The number of rotatable bonds is 6. The molecule has 1 unspecified atom stereocenters. The molecule has 0 aliphatic carbocycles. The first kappa shape index (κ1) is 18.7. The smallest absolute Gasteiger partial charge is 0.191 e. The SMILES string of the molecule is Cc1ncc(CCN2CCC(Oc3cccc4c3ccn4C3CCOC3)CC2)o1. The number of hydrogen-bond donors (Lipinski definition) is 0. The Morgan fingerprint density at radius 3 is 2.83 bits per heavy atom. The molecule has 0 bridgehead atoms. The molecular weight excluding hydrogens is 366 g/mol. The average Bonchev–Trinajstić information content (AvgIpc) is 3.48. The van der Waals surface area contributed by atoms with Gasteiger partial charge in [0.2, 0.25) is 0 Å². The highest BCUT2D eigenvalue weighted by Crippen LogP contribution is 2.32. The van der Waals surface area contributed by atoms with Gasteiger partial charge in [-0.1, -0.05) is 6.07 Å². The zero-order chi connectivity index (χ0) is 19.6. The minimum atomic E-state index is 0.280. The Labute approximate surface area is 171 Å². The van der Waals surface area contributed by atoms with Crippen molar-refractivity contribution in [3.05, 3.63) is 48.3 Å². The number of benzene rings is 1. The molecule has 2 fully saturated rings. The minimum absolute atomic E-state index is 0.280. The summed E-state index contributed by atoms with van der Waals surface area (Å²) in [4.78, 5) is 6.67. The lowest BCUT2D eigenvalue weighted by Crippen LogP contribution is -2.39. The first-order chi connectivity index (χ1) is 14.3. The normalized spacial score (nSPS) is 21.2. The first-order valence-electron chi connectivity index (χ1n) is 10.7. The largest absolute Gasteiger partial charge is 0.490 e. The highest BCUT2D eigenvalue weighted by atomic mass is 16.5. The molecule has 6 nitrogen and oxygen atoms in total. The van der Waals surface area contributed by atoms with Gasteiger partial charge in [-0.3, -0.25) is 0 Å². The van der Waals surface area contributed by atoms with Crippen LogP contribution in [0.15, 0.2) is 41.1 Å². The molecule has 1 atom stereocenters. The summed E-state index contributed by atoms with van der Waals surface area (Å²) in [5.74, 6) is 2.73. The van der Waals surface area contributed by atoms with Gasteiger partial charge in [-0.05, 0) is 37.5 Å². The minimum Gasteiger partial charge on any atom is -0.490 e. The second-order valence-electron chi connectivity index (χ2n) is 8.18. The third-order valence-electron chi connectivity index (χ3n) is 6.19. The first-order valence-corrected chi connectivity index (χ1v) is 10.7. The molecule has 6 heteroatoms. The number of aromatic nitrogens is 2. The summed E-state index contributed by atoms with van der Waals surface area (Å²) >= 11 is 0. The summed E-state index contributed by atoms with van der Waals surface area (Å²) in [7, 11) is 0. The number of nitrogens with zero attached hydrogens (tertiary/aromatic N) is 3. The molecule has 2 aliphatic heterocycles. The van der Waals surface area contributed by atoms with Crippen molar-refractivity contribution < 1.29 is 13.9 Å². The number of aryl methyl sites for hydroxylation is 1. The van der Waals surface area contributed by atoms with Crippen LogP contribution >= 0.6 is 0 Å². The Balaban J connectivity index is 1.19. The fourth-order valence-corrected chi connectivity index (χ4v) is 4.54. The highest BCUT2D eigenvalue weighted by molar-refractivity contribution is 5.86. The second-order valence-corrected chi connectivity index (χ2v) is 8.18. The van der Waals surface area contributed by atoms with Crippen LogP contribution in [0.2, 0.25) is 0 Å². The van der Waals surface area contributed by atoms with Gasteiger partial charge in [0.25, 0.3) is 0 Å². The van der Waals surface area contributed by atoms with Crippen LogP contribution in [0.25, 0.3) is 10.9 Å². The van der Waals surface area contributed by atoms with Gasteiger partial charge in [0.1, 0.15) is 17.6 Å². The molecule has 1 aromatic carbocycles. The maximum atomic E-state index is 6.46. The fourth-order valence-electron chi connectivity index (χ4n) is 4.54. The fraction of sp³-hybridized carbons (Fsp3) is 0.522. The lowest BCUT2D eigenvalue weighted by Gasteiger charge is -2.32. The Bertz CT molecular complexity index is 949. The summed E-state index contributed by atoms with van der Waals surface area (Å²) in [6.07, 6.45) is 8.43. The van der Waals surface area contributed by atoms with Crippen molar-refractivity contribution in [2.24, 2.45) is 0 Å². The molecule has 2 aromatic heterocycles. The van der Waals surface area contributed by atoms with Gasteiger partial charge < -0.3 is 23.4 Å². The van der Waals surface area contributed by atoms with Crippen LogP contribution in [-0.2, 0) is 11.2 Å². The molecule has 3 aromatic rings. The van der Waals surface area contributed by atoms with E-state index in [-0.39, 0.29) is 6.10 Å². The number of ether oxygens (including phenoxy) is 2. The van der Waals surface area contributed by atoms with E-state index in [0.29, 0.717) is 6.04 Å². The number of oxazole rings is 1. The predicted molar refractivity (Wildman–Crippen MR) is 111 cm³/mol. The maximum Gasteiger partial charge on any atom is 0.191 e. The van der Waals surface area contributed by atoms with Gasteiger partial charge in [0, 0.05) is 51.2 Å². The van der Waals surface area contributed by atoms with Crippen molar-refractivity contribution in [1.29, 1.82) is 0 Å². The summed E-state index contributed by atoms with van der Waals surface area (Å²) < 4.78 is 20.0. The van der Waals surface area contributed by atoms with Crippen molar-refractivity contribution >= 4 is 10.9 Å². The average molecular weight is 396 g/mol. The van der Waals surface area contributed by atoms with Gasteiger partial charge in [0.05, 0.1) is 24.4 Å². The molecule has 0 radical (unpaired) electrons. The maximum absolute atomic E-state index is 6.46. The Morgan fingerprint density at radius 2 is 2.07 bits per heavy atom. The van der Waals surface area contributed by atoms with Gasteiger partial charge in [-0.2, -0.15) is 0 Å². The van der Waals surface area contributed by atoms with E-state index < -0.39 is 0 Å². The highest BCUT2D eigenvalue weighted by Gasteiger charge is 2.23. The summed E-state index contributed by atoms with van der Waals surface area (Å²) in [5, 5.41) is 1.21. The van der Waals surface area contributed by atoms with Crippen LogP contribution in [0.5, 0.6) is 5.75 Å². The summed E-state index contributed by atoms with van der Waals surface area (Å²) in [5.41, 5.74) is 1.25. The molecule has 2 saturated heterocycles.